The fourth-order valence-corrected chi connectivity index (χ4v) is 5.07. The maximum Gasteiger partial charge on any atom is 0.365 e. The number of carboxylic acid groups (broad SMARTS) is 1. The molecule has 190 valence electrons. The van der Waals surface area contributed by atoms with E-state index in [0.717, 1.165) is 50.3 Å². The van der Waals surface area contributed by atoms with Crippen LogP contribution < -0.4 is 0 Å². The van der Waals surface area contributed by atoms with Crippen molar-refractivity contribution < 1.29 is 15.0 Å². The van der Waals surface area contributed by atoms with E-state index >= 15 is 0 Å². The van der Waals surface area contributed by atoms with Crippen LogP contribution in [0.2, 0.25) is 0 Å². The number of allylic oxidation sites excluding steroid dienone is 2. The first-order valence-corrected chi connectivity index (χ1v) is 14.7. The van der Waals surface area contributed by atoms with Crippen LogP contribution in [0.3, 0.4) is 0 Å². The van der Waals surface area contributed by atoms with E-state index in [2.05, 4.69) is 19.1 Å². The van der Waals surface area contributed by atoms with Crippen LogP contribution in [0.1, 0.15) is 148 Å². The molecule has 0 saturated carbocycles. The topological polar surface area (TPSA) is 57.5 Å². The first-order chi connectivity index (χ1) is 15.7. The van der Waals surface area contributed by atoms with Crippen molar-refractivity contribution in [3.05, 3.63) is 12.2 Å². The zero-order valence-corrected chi connectivity index (χ0v) is 22.0. The van der Waals surface area contributed by atoms with E-state index < -0.39 is 5.30 Å². The van der Waals surface area contributed by atoms with Crippen molar-refractivity contribution in [2.24, 2.45) is 0 Å². The van der Waals surface area contributed by atoms with Crippen molar-refractivity contribution in [1.29, 1.82) is 0 Å². The van der Waals surface area contributed by atoms with E-state index in [9.17, 15) is 9.90 Å². The molecule has 0 heterocycles. The molecule has 0 aromatic carbocycles. The van der Waals surface area contributed by atoms with Gasteiger partial charge in [0.25, 0.3) is 0 Å². The Morgan fingerprint density at radius 1 is 0.656 bits per heavy atom. The van der Waals surface area contributed by atoms with Crippen molar-refractivity contribution in [2.45, 2.75) is 153 Å². The Morgan fingerprint density at radius 2 is 1.06 bits per heavy atom. The van der Waals surface area contributed by atoms with E-state index in [-0.39, 0.29) is 5.25 Å². The van der Waals surface area contributed by atoms with Gasteiger partial charge in [0.15, 0.2) is 0 Å². The molecule has 0 aromatic rings. The minimum atomic E-state index is -0.712. The van der Waals surface area contributed by atoms with Crippen molar-refractivity contribution in [2.75, 3.05) is 6.61 Å². The fourth-order valence-electron chi connectivity index (χ4n) is 4.22. The molecule has 1 atom stereocenters. The van der Waals surface area contributed by atoms with E-state index in [1.807, 2.05) is 0 Å². The monoisotopic (exact) mass is 470 g/mol. The standard InChI is InChI=1S/C28H54O3S/c1-2-3-4-5-6-7-8-9-10-12-15-18-21-24-27(32-28(30)31)25-22-19-16-13-11-14-17-20-23-26-29/h9-10,27,29H,2-8,11-26H2,1H3,(H,30,31). The smallest absolute Gasteiger partial charge is 0.365 e. The summed E-state index contributed by atoms with van der Waals surface area (Å²) in [5.41, 5.74) is 0. The molecule has 0 bridgehead atoms. The van der Waals surface area contributed by atoms with Crippen LogP contribution in [0.4, 0.5) is 4.79 Å². The number of hydrogen-bond donors (Lipinski definition) is 2. The van der Waals surface area contributed by atoms with Gasteiger partial charge in [-0.25, -0.2) is 4.79 Å². The van der Waals surface area contributed by atoms with Crippen LogP contribution in [0.15, 0.2) is 12.2 Å². The summed E-state index contributed by atoms with van der Waals surface area (Å²) in [5.74, 6) is 0. The number of hydrogen-bond acceptors (Lipinski definition) is 3. The number of aliphatic hydroxyl groups excluding tert-OH is 1. The Labute approximate surface area is 204 Å². The minimum Gasteiger partial charge on any atom is -0.473 e. The summed E-state index contributed by atoms with van der Waals surface area (Å²) in [5, 5.41) is 17.5. The molecule has 3 nitrogen and oxygen atoms in total. The Balaban J connectivity index is 3.60. The first-order valence-electron chi connectivity index (χ1n) is 13.9. The Kier molecular flexibility index (Phi) is 26.4. The lowest BCUT2D eigenvalue weighted by molar-refractivity contribution is 0.222. The second-order valence-corrected chi connectivity index (χ2v) is 10.6. The molecule has 1 unspecified atom stereocenters. The molecular weight excluding hydrogens is 416 g/mol. The number of aliphatic hydroxyl groups is 1. The molecule has 0 saturated heterocycles. The van der Waals surface area contributed by atoms with Crippen LogP contribution in [0, 0.1) is 0 Å². The normalized spacial score (nSPS) is 12.6. The van der Waals surface area contributed by atoms with Gasteiger partial charge in [-0.2, -0.15) is 0 Å². The van der Waals surface area contributed by atoms with Crippen LogP contribution in [0.5, 0.6) is 0 Å². The zero-order chi connectivity index (χ0) is 23.5. The van der Waals surface area contributed by atoms with Gasteiger partial charge in [-0.3, -0.25) is 0 Å². The number of carbonyl (C=O) groups is 1. The van der Waals surface area contributed by atoms with Crippen LogP contribution in [0.25, 0.3) is 0 Å². The van der Waals surface area contributed by atoms with Crippen molar-refractivity contribution in [1.82, 2.24) is 0 Å². The minimum absolute atomic E-state index is 0.286. The van der Waals surface area contributed by atoms with Gasteiger partial charge < -0.3 is 10.2 Å². The lowest BCUT2D eigenvalue weighted by Crippen LogP contribution is -2.06. The second-order valence-electron chi connectivity index (χ2n) is 9.37. The third-order valence-corrected chi connectivity index (χ3v) is 7.25. The van der Waals surface area contributed by atoms with E-state index in [1.54, 1.807) is 0 Å². The molecule has 0 radical (unpaired) electrons. The average Bonchev–Trinajstić information content (AvgIpc) is 2.77. The molecular formula is C28H54O3S. The summed E-state index contributed by atoms with van der Waals surface area (Å²) < 4.78 is 0. The predicted molar refractivity (Wildman–Crippen MR) is 143 cm³/mol. The molecule has 2 N–H and O–H groups in total. The number of unbranched alkanes of at least 4 members (excludes halogenated alkanes) is 17. The molecule has 0 aromatic heterocycles. The van der Waals surface area contributed by atoms with E-state index in [1.165, 1.54) is 103 Å². The molecule has 0 amide bonds. The Morgan fingerprint density at radius 3 is 1.53 bits per heavy atom. The molecule has 0 rings (SSSR count). The highest BCUT2D eigenvalue weighted by Gasteiger charge is 2.13. The Hall–Kier alpha value is -0.480. The summed E-state index contributed by atoms with van der Waals surface area (Å²) >= 11 is 1.15. The highest BCUT2D eigenvalue weighted by atomic mass is 32.2. The maximum absolute atomic E-state index is 11.2. The fraction of sp³-hybridized carbons (Fsp3) is 0.893. The van der Waals surface area contributed by atoms with E-state index in [4.69, 9.17) is 5.11 Å². The van der Waals surface area contributed by atoms with Gasteiger partial charge in [0.1, 0.15) is 0 Å². The van der Waals surface area contributed by atoms with Crippen LogP contribution in [-0.4, -0.2) is 27.4 Å². The highest BCUT2D eigenvalue weighted by Crippen LogP contribution is 2.25. The molecule has 0 aliphatic heterocycles. The summed E-state index contributed by atoms with van der Waals surface area (Å²) in [6.45, 7) is 2.59. The lowest BCUT2D eigenvalue weighted by atomic mass is 10.0. The average molecular weight is 471 g/mol. The van der Waals surface area contributed by atoms with Crippen molar-refractivity contribution in [3.8, 4) is 0 Å². The summed E-state index contributed by atoms with van der Waals surface area (Å²) in [6, 6.07) is 0. The molecule has 0 aliphatic rings. The third kappa shape index (κ3) is 25.8. The zero-order valence-electron chi connectivity index (χ0n) is 21.2. The number of thioether (sulfide) groups is 1. The molecule has 32 heavy (non-hydrogen) atoms. The van der Waals surface area contributed by atoms with E-state index in [0.29, 0.717) is 6.61 Å². The third-order valence-electron chi connectivity index (χ3n) is 6.24. The van der Waals surface area contributed by atoms with Gasteiger partial charge in [-0.1, -0.05) is 115 Å². The first kappa shape index (κ1) is 31.5. The Bertz CT molecular complexity index is 411. The van der Waals surface area contributed by atoms with Crippen LogP contribution in [-0.2, 0) is 0 Å². The predicted octanol–water partition coefficient (Wildman–Crippen LogP) is 9.92. The maximum atomic E-state index is 11.2. The summed E-state index contributed by atoms with van der Waals surface area (Å²) in [4.78, 5) is 11.2. The van der Waals surface area contributed by atoms with Crippen LogP contribution >= 0.6 is 11.8 Å². The summed E-state index contributed by atoms with van der Waals surface area (Å²) in [6.07, 6.45) is 31.9. The molecule has 0 fully saturated rings. The molecule has 4 heteroatoms. The van der Waals surface area contributed by atoms with Gasteiger partial charge in [0, 0.05) is 11.9 Å². The summed E-state index contributed by atoms with van der Waals surface area (Å²) in [7, 11) is 0. The second kappa shape index (κ2) is 26.8. The largest absolute Gasteiger partial charge is 0.473 e. The van der Waals surface area contributed by atoms with Gasteiger partial charge in [-0.05, 0) is 56.7 Å². The number of rotatable bonds is 25. The van der Waals surface area contributed by atoms with Gasteiger partial charge in [-0.15, -0.1) is 0 Å². The van der Waals surface area contributed by atoms with Crippen molar-refractivity contribution in [3.63, 3.8) is 0 Å². The SMILES string of the molecule is CCCCCCCCC=CCCCCCC(CCCCCCCCCCCO)SC(=O)O. The van der Waals surface area contributed by atoms with Gasteiger partial charge in [0.2, 0.25) is 0 Å². The highest BCUT2D eigenvalue weighted by molar-refractivity contribution is 8.13. The molecule has 0 aliphatic carbocycles. The van der Waals surface area contributed by atoms with Crippen molar-refractivity contribution >= 4 is 17.1 Å². The lowest BCUT2D eigenvalue weighted by Gasteiger charge is -2.13. The quantitative estimate of drug-likeness (QED) is 0.103. The molecule has 0 spiro atoms. The van der Waals surface area contributed by atoms with Gasteiger partial charge >= 0.3 is 5.30 Å². The van der Waals surface area contributed by atoms with Gasteiger partial charge in [0.05, 0.1) is 0 Å².